The van der Waals surface area contributed by atoms with E-state index >= 15 is 0 Å². The van der Waals surface area contributed by atoms with Gasteiger partial charge in [0.1, 0.15) is 5.56 Å². The van der Waals surface area contributed by atoms with Crippen molar-refractivity contribution >= 4 is 5.91 Å². The van der Waals surface area contributed by atoms with Crippen LogP contribution in [0.1, 0.15) is 27.2 Å². The number of H-pyrrole nitrogens is 1. The first-order valence-corrected chi connectivity index (χ1v) is 6.41. The Labute approximate surface area is 124 Å². The topological polar surface area (TPSA) is 62.0 Å². The van der Waals surface area contributed by atoms with Crippen molar-refractivity contribution in [2.45, 2.75) is 19.6 Å². The van der Waals surface area contributed by atoms with Crippen LogP contribution in [0.5, 0.6) is 0 Å². The SMILES string of the molecule is Cc1ccc(C(=O)NCc2ccc(C(F)(F)F)cc2)c(=O)[nH]1. The van der Waals surface area contributed by atoms with Crippen LogP contribution in [-0.2, 0) is 12.7 Å². The van der Waals surface area contributed by atoms with Crippen LogP contribution in [0.15, 0.2) is 41.2 Å². The van der Waals surface area contributed by atoms with E-state index in [0.29, 0.717) is 11.3 Å². The minimum Gasteiger partial charge on any atom is -0.348 e. The summed E-state index contributed by atoms with van der Waals surface area (Å²) in [5.74, 6) is -0.582. The van der Waals surface area contributed by atoms with Gasteiger partial charge in [-0.15, -0.1) is 0 Å². The molecule has 1 heterocycles. The van der Waals surface area contributed by atoms with Crippen molar-refractivity contribution in [3.63, 3.8) is 0 Å². The van der Waals surface area contributed by atoms with E-state index in [9.17, 15) is 22.8 Å². The Morgan fingerprint density at radius 2 is 1.77 bits per heavy atom. The van der Waals surface area contributed by atoms with E-state index in [1.54, 1.807) is 13.0 Å². The molecular weight excluding hydrogens is 297 g/mol. The van der Waals surface area contributed by atoms with Crippen LogP contribution < -0.4 is 10.9 Å². The molecule has 0 bridgehead atoms. The largest absolute Gasteiger partial charge is 0.416 e. The number of rotatable bonds is 3. The first-order chi connectivity index (χ1) is 10.3. The second-order valence-corrected chi connectivity index (χ2v) is 4.76. The minimum absolute atomic E-state index is 0.0320. The third-order valence-electron chi connectivity index (χ3n) is 3.03. The zero-order valence-corrected chi connectivity index (χ0v) is 11.6. The summed E-state index contributed by atoms with van der Waals surface area (Å²) in [6, 6.07) is 7.44. The van der Waals surface area contributed by atoms with Crippen LogP contribution in [0.25, 0.3) is 0 Å². The summed E-state index contributed by atoms with van der Waals surface area (Å²) in [5, 5.41) is 2.49. The lowest BCUT2D eigenvalue weighted by atomic mass is 10.1. The molecule has 0 aliphatic heterocycles. The molecule has 7 heteroatoms. The number of pyridine rings is 1. The van der Waals surface area contributed by atoms with Gasteiger partial charge in [0.2, 0.25) is 0 Å². The van der Waals surface area contributed by atoms with Crippen molar-refractivity contribution in [1.29, 1.82) is 0 Å². The van der Waals surface area contributed by atoms with Gasteiger partial charge in [0, 0.05) is 12.2 Å². The van der Waals surface area contributed by atoms with Gasteiger partial charge in [-0.1, -0.05) is 12.1 Å². The lowest BCUT2D eigenvalue weighted by molar-refractivity contribution is -0.137. The van der Waals surface area contributed by atoms with Gasteiger partial charge in [-0.2, -0.15) is 13.2 Å². The van der Waals surface area contributed by atoms with Crippen LogP contribution in [0.3, 0.4) is 0 Å². The number of carbonyl (C=O) groups is 1. The highest BCUT2D eigenvalue weighted by atomic mass is 19.4. The van der Waals surface area contributed by atoms with E-state index in [4.69, 9.17) is 0 Å². The van der Waals surface area contributed by atoms with Gasteiger partial charge in [0.05, 0.1) is 5.56 Å². The van der Waals surface area contributed by atoms with E-state index in [0.717, 1.165) is 12.1 Å². The Kier molecular flexibility index (Phi) is 4.35. The summed E-state index contributed by atoms with van der Waals surface area (Å²) in [5.41, 5.74) is -0.172. The van der Waals surface area contributed by atoms with Crippen molar-refractivity contribution < 1.29 is 18.0 Å². The van der Waals surface area contributed by atoms with Crippen molar-refractivity contribution in [3.05, 3.63) is 69.1 Å². The molecule has 1 aromatic heterocycles. The summed E-state index contributed by atoms with van der Waals surface area (Å²) in [6.07, 6.45) is -4.39. The van der Waals surface area contributed by atoms with Gasteiger partial charge in [-0.05, 0) is 36.8 Å². The average molecular weight is 310 g/mol. The monoisotopic (exact) mass is 310 g/mol. The van der Waals surface area contributed by atoms with Gasteiger partial charge in [0.15, 0.2) is 0 Å². The number of halogens is 3. The fraction of sp³-hybridized carbons (Fsp3) is 0.200. The third-order valence-corrected chi connectivity index (χ3v) is 3.03. The summed E-state index contributed by atoms with van der Waals surface area (Å²) in [7, 11) is 0. The highest BCUT2D eigenvalue weighted by Crippen LogP contribution is 2.28. The molecule has 2 N–H and O–H groups in total. The molecule has 116 valence electrons. The summed E-state index contributed by atoms with van der Waals surface area (Å²) < 4.78 is 37.3. The minimum atomic E-state index is -4.39. The maximum atomic E-state index is 12.4. The highest BCUT2D eigenvalue weighted by Gasteiger charge is 2.29. The number of benzene rings is 1. The van der Waals surface area contributed by atoms with Crippen LogP contribution in [0.4, 0.5) is 13.2 Å². The second-order valence-electron chi connectivity index (χ2n) is 4.76. The molecule has 0 spiro atoms. The molecule has 1 amide bonds. The Morgan fingerprint density at radius 3 is 2.32 bits per heavy atom. The molecule has 0 atom stereocenters. The molecule has 0 unspecified atom stereocenters. The molecule has 0 saturated heterocycles. The lowest BCUT2D eigenvalue weighted by Crippen LogP contribution is -2.29. The van der Waals surface area contributed by atoms with E-state index in [2.05, 4.69) is 10.3 Å². The lowest BCUT2D eigenvalue weighted by Gasteiger charge is -2.08. The van der Waals surface area contributed by atoms with Gasteiger partial charge in [-0.25, -0.2) is 0 Å². The number of alkyl halides is 3. The second kappa shape index (κ2) is 6.05. The molecule has 0 radical (unpaired) electrons. The predicted octanol–water partition coefficient (Wildman–Crippen LogP) is 2.63. The quantitative estimate of drug-likeness (QED) is 0.915. The van der Waals surface area contributed by atoms with Crippen molar-refractivity contribution in [2.75, 3.05) is 0 Å². The molecule has 1 aromatic carbocycles. The smallest absolute Gasteiger partial charge is 0.348 e. The van der Waals surface area contributed by atoms with E-state index in [-0.39, 0.29) is 12.1 Å². The fourth-order valence-electron chi connectivity index (χ4n) is 1.84. The number of nitrogens with one attached hydrogen (secondary N) is 2. The number of hydrogen-bond donors (Lipinski definition) is 2. The standard InChI is InChI=1S/C15H13F3N2O2/c1-9-2-7-12(14(22)20-9)13(21)19-8-10-3-5-11(6-4-10)15(16,17)18/h2-7H,8H2,1H3,(H,19,21)(H,20,22). The Balaban J connectivity index is 2.03. The number of amides is 1. The van der Waals surface area contributed by atoms with Gasteiger partial charge < -0.3 is 10.3 Å². The molecule has 0 saturated carbocycles. The molecular formula is C15H13F3N2O2. The number of hydrogen-bond acceptors (Lipinski definition) is 2. The Hall–Kier alpha value is -2.57. The average Bonchev–Trinajstić information content (AvgIpc) is 2.44. The van der Waals surface area contributed by atoms with Gasteiger partial charge in [-0.3, -0.25) is 9.59 Å². The molecule has 22 heavy (non-hydrogen) atoms. The van der Waals surface area contributed by atoms with Crippen LogP contribution >= 0.6 is 0 Å². The zero-order valence-electron chi connectivity index (χ0n) is 11.6. The number of aromatic amines is 1. The summed E-state index contributed by atoms with van der Waals surface area (Å²) >= 11 is 0. The normalized spacial score (nSPS) is 11.3. The number of carbonyl (C=O) groups excluding carboxylic acids is 1. The first kappa shape index (κ1) is 15.8. The molecule has 2 aromatic rings. The van der Waals surface area contributed by atoms with Crippen LogP contribution in [0.2, 0.25) is 0 Å². The molecule has 4 nitrogen and oxygen atoms in total. The van der Waals surface area contributed by atoms with Crippen LogP contribution in [0, 0.1) is 6.92 Å². The molecule has 0 aliphatic rings. The van der Waals surface area contributed by atoms with Crippen molar-refractivity contribution in [2.24, 2.45) is 0 Å². The van der Waals surface area contributed by atoms with Crippen molar-refractivity contribution in [3.8, 4) is 0 Å². The van der Waals surface area contributed by atoms with Gasteiger partial charge in [0.25, 0.3) is 11.5 Å². The third kappa shape index (κ3) is 3.75. The fourth-order valence-corrected chi connectivity index (χ4v) is 1.84. The Bertz CT molecular complexity index is 734. The maximum absolute atomic E-state index is 12.4. The molecule has 0 fully saturated rings. The maximum Gasteiger partial charge on any atom is 0.416 e. The van der Waals surface area contributed by atoms with Crippen molar-refractivity contribution in [1.82, 2.24) is 10.3 Å². The predicted molar refractivity (Wildman–Crippen MR) is 74.4 cm³/mol. The number of aromatic nitrogens is 1. The van der Waals surface area contributed by atoms with E-state index < -0.39 is 23.2 Å². The summed E-state index contributed by atoms with van der Waals surface area (Å²) in [4.78, 5) is 26.0. The summed E-state index contributed by atoms with van der Waals surface area (Å²) in [6.45, 7) is 1.72. The first-order valence-electron chi connectivity index (χ1n) is 6.41. The van der Waals surface area contributed by atoms with Crippen LogP contribution in [-0.4, -0.2) is 10.9 Å². The number of aryl methyl sites for hydroxylation is 1. The van der Waals surface area contributed by atoms with Gasteiger partial charge >= 0.3 is 6.18 Å². The zero-order chi connectivity index (χ0) is 16.3. The highest BCUT2D eigenvalue weighted by molar-refractivity contribution is 5.93. The Morgan fingerprint density at radius 1 is 1.14 bits per heavy atom. The molecule has 2 rings (SSSR count). The van der Waals surface area contributed by atoms with E-state index in [1.165, 1.54) is 18.2 Å². The van der Waals surface area contributed by atoms with E-state index in [1.807, 2.05) is 0 Å². The molecule has 0 aliphatic carbocycles.